The van der Waals surface area contributed by atoms with Gasteiger partial charge in [0.05, 0.1) is 10.2 Å². The predicted octanol–water partition coefficient (Wildman–Crippen LogP) is 3.84. The fraction of sp³-hybridized carbons (Fsp3) is 0.235. The minimum atomic E-state index is -0.467. The Morgan fingerprint density at radius 1 is 1.29 bits per heavy atom. The van der Waals surface area contributed by atoms with Gasteiger partial charge in [0.25, 0.3) is 5.69 Å². The molecular formula is C17H17FN2O3S. The van der Waals surface area contributed by atoms with Gasteiger partial charge in [-0.15, -0.1) is 11.8 Å². The van der Waals surface area contributed by atoms with E-state index in [4.69, 9.17) is 0 Å². The van der Waals surface area contributed by atoms with Crippen molar-refractivity contribution in [1.29, 1.82) is 0 Å². The number of thioether (sulfide) groups is 1. The zero-order valence-electron chi connectivity index (χ0n) is 13.3. The van der Waals surface area contributed by atoms with E-state index < -0.39 is 4.92 Å². The van der Waals surface area contributed by atoms with Crippen molar-refractivity contribution in [2.45, 2.75) is 30.5 Å². The zero-order valence-corrected chi connectivity index (χ0v) is 14.1. The number of hydrogen-bond donors (Lipinski definition) is 1. The molecule has 5 nitrogen and oxygen atoms in total. The highest BCUT2D eigenvalue weighted by molar-refractivity contribution is 8.00. The molecule has 0 aromatic heterocycles. The van der Waals surface area contributed by atoms with E-state index >= 15 is 0 Å². The molecule has 0 aliphatic carbocycles. The van der Waals surface area contributed by atoms with Crippen molar-refractivity contribution in [1.82, 2.24) is 5.32 Å². The molecule has 0 aliphatic heterocycles. The first-order valence-corrected chi connectivity index (χ1v) is 8.18. The van der Waals surface area contributed by atoms with Crippen molar-refractivity contribution in [3.63, 3.8) is 0 Å². The van der Waals surface area contributed by atoms with Crippen LogP contribution in [0.25, 0.3) is 0 Å². The summed E-state index contributed by atoms with van der Waals surface area (Å²) in [5, 5.41) is 13.0. The summed E-state index contributed by atoms with van der Waals surface area (Å²) >= 11 is 1.30. The number of nitro benzene ring substituents is 1. The van der Waals surface area contributed by atoms with Crippen LogP contribution in [0.5, 0.6) is 0 Å². The molecule has 2 aromatic rings. The van der Waals surface area contributed by atoms with Crippen LogP contribution < -0.4 is 5.32 Å². The molecule has 1 unspecified atom stereocenters. The van der Waals surface area contributed by atoms with Gasteiger partial charge in [0.1, 0.15) is 5.82 Å². The maximum absolute atomic E-state index is 13.5. The van der Waals surface area contributed by atoms with E-state index in [-0.39, 0.29) is 29.2 Å². The quantitative estimate of drug-likeness (QED) is 0.489. The second kappa shape index (κ2) is 7.92. The van der Waals surface area contributed by atoms with Crippen LogP contribution in [-0.4, -0.2) is 16.1 Å². The highest BCUT2D eigenvalue weighted by Crippen LogP contribution is 2.25. The second-order valence-corrected chi connectivity index (χ2v) is 6.73. The van der Waals surface area contributed by atoms with Crippen LogP contribution in [0.1, 0.15) is 18.1 Å². The number of nitrogens with zero attached hydrogens (tertiary/aromatic N) is 1. The number of carbonyl (C=O) groups is 1. The van der Waals surface area contributed by atoms with Crippen LogP contribution in [-0.2, 0) is 11.3 Å². The maximum Gasteiger partial charge on any atom is 0.269 e. The highest BCUT2D eigenvalue weighted by Gasteiger charge is 2.15. The van der Waals surface area contributed by atoms with Gasteiger partial charge in [0, 0.05) is 23.6 Å². The first kappa shape index (κ1) is 17.9. The average Bonchev–Trinajstić information content (AvgIpc) is 2.56. The third-order valence-electron chi connectivity index (χ3n) is 3.43. The number of non-ortho nitro benzene ring substituents is 1. The third kappa shape index (κ3) is 4.79. The van der Waals surface area contributed by atoms with Crippen LogP contribution in [0.4, 0.5) is 10.1 Å². The summed E-state index contributed by atoms with van der Waals surface area (Å²) in [7, 11) is 0. The van der Waals surface area contributed by atoms with E-state index in [1.807, 2.05) is 0 Å². The Bertz CT molecular complexity index is 750. The van der Waals surface area contributed by atoms with E-state index in [1.54, 1.807) is 38.1 Å². The maximum atomic E-state index is 13.5. The van der Waals surface area contributed by atoms with Crippen molar-refractivity contribution in [3.05, 3.63) is 69.5 Å². The number of carbonyl (C=O) groups excluding carboxylic acids is 1. The molecule has 0 bridgehead atoms. The molecule has 1 N–H and O–H groups in total. The number of nitrogens with one attached hydrogen (secondary N) is 1. The lowest BCUT2D eigenvalue weighted by atomic mass is 10.1. The lowest BCUT2D eigenvalue weighted by Gasteiger charge is -2.12. The van der Waals surface area contributed by atoms with Crippen molar-refractivity contribution in [2.75, 3.05) is 0 Å². The van der Waals surface area contributed by atoms with Gasteiger partial charge >= 0.3 is 0 Å². The Kier molecular flexibility index (Phi) is 5.92. The summed E-state index contributed by atoms with van der Waals surface area (Å²) in [6.07, 6.45) is 0. The zero-order chi connectivity index (χ0) is 17.7. The van der Waals surface area contributed by atoms with Crippen LogP contribution >= 0.6 is 11.8 Å². The van der Waals surface area contributed by atoms with Crippen LogP contribution in [0, 0.1) is 22.9 Å². The molecule has 2 aromatic carbocycles. The van der Waals surface area contributed by atoms with E-state index in [9.17, 15) is 19.3 Å². The predicted molar refractivity (Wildman–Crippen MR) is 91.4 cm³/mol. The van der Waals surface area contributed by atoms with Crippen molar-refractivity contribution in [3.8, 4) is 0 Å². The fourth-order valence-electron chi connectivity index (χ4n) is 1.98. The minimum Gasteiger partial charge on any atom is -0.351 e. The van der Waals surface area contributed by atoms with Gasteiger partial charge in [-0.3, -0.25) is 14.9 Å². The molecule has 126 valence electrons. The summed E-state index contributed by atoms with van der Waals surface area (Å²) in [5.74, 6) is -0.477. The lowest BCUT2D eigenvalue weighted by molar-refractivity contribution is -0.384. The molecular weight excluding hydrogens is 331 g/mol. The molecule has 0 saturated carbocycles. The second-order valence-electron chi connectivity index (χ2n) is 5.31. The average molecular weight is 348 g/mol. The van der Waals surface area contributed by atoms with Crippen molar-refractivity contribution in [2.24, 2.45) is 0 Å². The highest BCUT2D eigenvalue weighted by atomic mass is 32.2. The smallest absolute Gasteiger partial charge is 0.269 e. The van der Waals surface area contributed by atoms with E-state index in [0.717, 1.165) is 4.90 Å². The van der Waals surface area contributed by atoms with Gasteiger partial charge in [-0.25, -0.2) is 4.39 Å². The number of hydrogen-bond acceptors (Lipinski definition) is 4. The van der Waals surface area contributed by atoms with E-state index in [0.29, 0.717) is 11.1 Å². The molecule has 1 amide bonds. The van der Waals surface area contributed by atoms with Crippen LogP contribution in [0.2, 0.25) is 0 Å². The van der Waals surface area contributed by atoms with Gasteiger partial charge in [-0.05, 0) is 43.2 Å². The lowest BCUT2D eigenvalue weighted by Crippen LogP contribution is -2.30. The Morgan fingerprint density at radius 2 is 1.96 bits per heavy atom. The van der Waals surface area contributed by atoms with Gasteiger partial charge in [0.2, 0.25) is 5.91 Å². The molecule has 0 radical (unpaired) electrons. The Hall–Kier alpha value is -2.41. The standard InChI is InChI=1S/C17H17FN2O3S/c1-11-3-4-13(9-16(11)18)10-19-17(21)12(2)24-15-7-5-14(6-8-15)20(22)23/h3-9,12H,10H2,1-2H3,(H,19,21). The molecule has 2 rings (SSSR count). The number of amides is 1. The van der Waals surface area contributed by atoms with Crippen LogP contribution in [0.3, 0.4) is 0 Å². The Morgan fingerprint density at radius 3 is 2.54 bits per heavy atom. The molecule has 0 heterocycles. The first-order valence-electron chi connectivity index (χ1n) is 7.30. The summed E-state index contributed by atoms with van der Waals surface area (Å²) < 4.78 is 13.5. The van der Waals surface area contributed by atoms with Crippen molar-refractivity contribution < 1.29 is 14.1 Å². The Balaban J connectivity index is 1.89. The SMILES string of the molecule is Cc1ccc(CNC(=O)C(C)Sc2ccc([N+](=O)[O-])cc2)cc1F. The number of halogens is 1. The molecule has 0 aliphatic rings. The van der Waals surface area contributed by atoms with Crippen LogP contribution in [0.15, 0.2) is 47.4 Å². The van der Waals surface area contributed by atoms with E-state index in [1.165, 1.54) is 30.0 Å². The topological polar surface area (TPSA) is 72.2 Å². The summed E-state index contributed by atoms with van der Waals surface area (Å²) in [5.41, 5.74) is 1.27. The van der Waals surface area contributed by atoms with Crippen molar-refractivity contribution >= 4 is 23.4 Å². The number of rotatable bonds is 6. The molecule has 24 heavy (non-hydrogen) atoms. The monoisotopic (exact) mass is 348 g/mol. The molecule has 1 atom stereocenters. The number of aryl methyl sites for hydroxylation is 1. The summed E-state index contributed by atoms with van der Waals surface area (Å²) in [4.78, 5) is 23.0. The minimum absolute atomic E-state index is 0.0119. The summed E-state index contributed by atoms with van der Waals surface area (Å²) in [6, 6.07) is 10.9. The van der Waals surface area contributed by atoms with Gasteiger partial charge < -0.3 is 5.32 Å². The van der Waals surface area contributed by atoms with E-state index in [2.05, 4.69) is 5.32 Å². The molecule has 7 heteroatoms. The number of benzene rings is 2. The Labute approximate surface area is 143 Å². The molecule has 0 saturated heterocycles. The van der Waals surface area contributed by atoms with Gasteiger partial charge in [-0.2, -0.15) is 0 Å². The number of nitro groups is 1. The normalized spacial score (nSPS) is 11.8. The van der Waals surface area contributed by atoms with Gasteiger partial charge in [-0.1, -0.05) is 12.1 Å². The third-order valence-corrected chi connectivity index (χ3v) is 4.54. The largest absolute Gasteiger partial charge is 0.351 e. The summed E-state index contributed by atoms with van der Waals surface area (Å²) in [6.45, 7) is 3.68. The molecule has 0 spiro atoms. The fourth-order valence-corrected chi connectivity index (χ4v) is 2.88. The van der Waals surface area contributed by atoms with Gasteiger partial charge in [0.15, 0.2) is 0 Å². The molecule has 0 fully saturated rings. The first-order chi connectivity index (χ1) is 11.4.